The van der Waals surface area contributed by atoms with E-state index in [1.165, 1.54) is 6.07 Å². The molecule has 0 bridgehead atoms. The van der Waals surface area contributed by atoms with Gasteiger partial charge in [-0.05, 0) is 48.1 Å². The predicted octanol–water partition coefficient (Wildman–Crippen LogP) is 3.97. The third-order valence-electron chi connectivity index (χ3n) is 4.67. The van der Waals surface area contributed by atoms with E-state index >= 15 is 0 Å². The summed E-state index contributed by atoms with van der Waals surface area (Å²) < 4.78 is 10.1. The molecule has 0 unspecified atom stereocenters. The lowest BCUT2D eigenvalue weighted by atomic mass is 10.0. The van der Waals surface area contributed by atoms with Gasteiger partial charge in [0.2, 0.25) is 5.91 Å². The van der Waals surface area contributed by atoms with E-state index in [4.69, 9.17) is 26.8 Å². The Morgan fingerprint density at radius 3 is 2.69 bits per heavy atom. The third-order valence-corrected chi connectivity index (χ3v) is 5.02. The maximum Gasteiger partial charge on any atom is 0.513 e. The number of carbonyl (C=O) groups is 2. The molecule has 1 aliphatic rings. The highest BCUT2D eigenvalue weighted by Crippen LogP contribution is 2.29. The first-order chi connectivity index (χ1) is 13.8. The van der Waals surface area contributed by atoms with Crippen LogP contribution in [0.4, 0.5) is 10.5 Å². The van der Waals surface area contributed by atoms with Crippen LogP contribution in [0.15, 0.2) is 42.5 Å². The number of rotatable bonds is 6. The number of carbonyl (C=O) groups excluding carboxylic acids is 2. The van der Waals surface area contributed by atoms with Crippen molar-refractivity contribution in [3.05, 3.63) is 58.6 Å². The van der Waals surface area contributed by atoms with Crippen LogP contribution < -0.4 is 15.4 Å². The highest BCUT2D eigenvalue weighted by Gasteiger charge is 2.28. The van der Waals surface area contributed by atoms with Gasteiger partial charge in [0.1, 0.15) is 5.75 Å². The molecule has 0 saturated heterocycles. The number of fused-ring (bicyclic) bond motifs is 1. The van der Waals surface area contributed by atoms with Crippen molar-refractivity contribution in [3.8, 4) is 5.75 Å². The number of ether oxygens (including phenoxy) is 2. The van der Waals surface area contributed by atoms with Crippen molar-refractivity contribution in [2.45, 2.75) is 32.7 Å². The molecule has 2 aromatic rings. The fraction of sp³-hybridized carbons (Fsp3) is 0.364. The van der Waals surface area contributed by atoms with Crippen LogP contribution in [0.3, 0.4) is 0 Å². The van der Waals surface area contributed by atoms with Gasteiger partial charge < -0.3 is 20.1 Å². The molecule has 1 aliphatic heterocycles. The molecule has 2 aromatic carbocycles. The van der Waals surface area contributed by atoms with Crippen LogP contribution in [0.5, 0.6) is 5.75 Å². The molecule has 1 atom stereocenters. The van der Waals surface area contributed by atoms with Crippen LogP contribution in [0, 0.1) is 5.92 Å². The van der Waals surface area contributed by atoms with Gasteiger partial charge in [-0.25, -0.2) is 4.79 Å². The number of nitrogens with two attached hydrogens (primary N) is 1. The van der Waals surface area contributed by atoms with Crippen LogP contribution in [0.1, 0.15) is 25.0 Å². The van der Waals surface area contributed by atoms with E-state index in [1.54, 1.807) is 17.0 Å². The van der Waals surface area contributed by atoms with Crippen molar-refractivity contribution >= 4 is 29.4 Å². The van der Waals surface area contributed by atoms with E-state index in [1.807, 2.05) is 38.1 Å². The number of amides is 1. The van der Waals surface area contributed by atoms with E-state index in [-0.39, 0.29) is 30.6 Å². The number of anilines is 1. The van der Waals surface area contributed by atoms with E-state index in [0.717, 1.165) is 17.7 Å². The first-order valence-corrected chi connectivity index (χ1v) is 10.0. The van der Waals surface area contributed by atoms with Crippen LogP contribution in [0.2, 0.25) is 5.02 Å². The third kappa shape index (κ3) is 5.28. The molecule has 0 radical (unpaired) electrons. The van der Waals surface area contributed by atoms with Crippen LogP contribution in [-0.4, -0.2) is 31.3 Å². The first kappa shape index (κ1) is 21.1. The standard InChI is InChI=1S/C22H25ClN2O4/c1-14(2)13-28-22(27)29-17-8-7-16(18(23)12-17)11-19(24)21(26)25-10-9-15-5-3-4-6-20(15)25/h3-8,12,14,19H,9-11,13,24H2,1-2H3/t19-/m0/s1. The fourth-order valence-corrected chi connectivity index (χ4v) is 3.46. The van der Waals surface area contributed by atoms with Crippen LogP contribution in [0.25, 0.3) is 0 Å². The summed E-state index contributed by atoms with van der Waals surface area (Å²) in [5.74, 6) is 0.361. The summed E-state index contributed by atoms with van der Waals surface area (Å²) in [6.07, 6.45) is 0.338. The Labute approximate surface area is 175 Å². The maximum atomic E-state index is 12.8. The van der Waals surface area contributed by atoms with Crippen LogP contribution in [-0.2, 0) is 22.4 Å². The summed E-state index contributed by atoms with van der Waals surface area (Å²) in [6, 6.07) is 12.0. The molecule has 29 heavy (non-hydrogen) atoms. The minimum Gasteiger partial charge on any atom is -0.434 e. The predicted molar refractivity (Wildman–Crippen MR) is 112 cm³/mol. The van der Waals surface area contributed by atoms with Crippen molar-refractivity contribution in [1.29, 1.82) is 0 Å². The summed E-state index contributed by atoms with van der Waals surface area (Å²) in [7, 11) is 0. The van der Waals surface area contributed by atoms with Gasteiger partial charge in [0, 0.05) is 17.3 Å². The summed E-state index contributed by atoms with van der Waals surface area (Å²) in [5.41, 5.74) is 8.97. The van der Waals surface area contributed by atoms with Gasteiger partial charge in [-0.1, -0.05) is 49.7 Å². The number of para-hydroxylation sites is 1. The smallest absolute Gasteiger partial charge is 0.434 e. The quantitative estimate of drug-likeness (QED) is 0.569. The monoisotopic (exact) mass is 416 g/mol. The number of halogens is 1. The second kappa shape index (κ2) is 9.29. The second-order valence-corrected chi connectivity index (χ2v) is 7.90. The number of hydrogen-bond acceptors (Lipinski definition) is 5. The SMILES string of the molecule is CC(C)COC(=O)Oc1ccc(C[C@H](N)C(=O)N2CCc3ccccc32)c(Cl)c1. The molecule has 1 heterocycles. The highest BCUT2D eigenvalue weighted by molar-refractivity contribution is 6.31. The van der Waals surface area contributed by atoms with Crippen LogP contribution >= 0.6 is 11.6 Å². The minimum atomic E-state index is -0.776. The highest BCUT2D eigenvalue weighted by atomic mass is 35.5. The number of hydrogen-bond donors (Lipinski definition) is 1. The Morgan fingerprint density at radius 1 is 1.21 bits per heavy atom. The lowest BCUT2D eigenvalue weighted by Gasteiger charge is -2.22. The van der Waals surface area contributed by atoms with E-state index in [0.29, 0.717) is 17.1 Å². The Bertz CT molecular complexity index is 900. The van der Waals surface area contributed by atoms with Gasteiger partial charge in [-0.3, -0.25) is 4.79 Å². The molecule has 0 fully saturated rings. The molecular weight excluding hydrogens is 392 g/mol. The largest absolute Gasteiger partial charge is 0.513 e. The lowest BCUT2D eigenvalue weighted by Crippen LogP contribution is -2.44. The normalized spacial score (nSPS) is 13.9. The molecule has 2 N–H and O–H groups in total. The molecule has 0 spiro atoms. The molecule has 0 aliphatic carbocycles. The van der Waals surface area contributed by atoms with Gasteiger partial charge in [0.05, 0.1) is 12.6 Å². The zero-order chi connectivity index (χ0) is 21.0. The summed E-state index contributed by atoms with van der Waals surface area (Å²) >= 11 is 6.32. The summed E-state index contributed by atoms with van der Waals surface area (Å²) in [5, 5.41) is 0.379. The average Bonchev–Trinajstić information content (AvgIpc) is 3.12. The Balaban J connectivity index is 1.61. The van der Waals surface area contributed by atoms with Crippen molar-refractivity contribution in [2.24, 2.45) is 11.7 Å². The van der Waals surface area contributed by atoms with Crippen molar-refractivity contribution < 1.29 is 19.1 Å². The second-order valence-electron chi connectivity index (χ2n) is 7.49. The first-order valence-electron chi connectivity index (χ1n) is 9.63. The molecule has 0 saturated carbocycles. The Hall–Kier alpha value is -2.57. The maximum absolute atomic E-state index is 12.8. The van der Waals surface area contributed by atoms with E-state index in [9.17, 15) is 9.59 Å². The molecule has 0 aromatic heterocycles. The molecule has 1 amide bonds. The summed E-state index contributed by atoms with van der Waals surface area (Å²) in [6.45, 7) is 4.78. The van der Waals surface area contributed by atoms with Gasteiger partial charge in [-0.2, -0.15) is 0 Å². The van der Waals surface area contributed by atoms with Gasteiger partial charge >= 0.3 is 6.16 Å². The summed E-state index contributed by atoms with van der Waals surface area (Å²) in [4.78, 5) is 26.2. The Kier molecular flexibility index (Phi) is 6.77. The lowest BCUT2D eigenvalue weighted by molar-refractivity contribution is -0.119. The van der Waals surface area contributed by atoms with Crippen molar-refractivity contribution in [1.82, 2.24) is 0 Å². The molecule has 6 nitrogen and oxygen atoms in total. The zero-order valence-corrected chi connectivity index (χ0v) is 17.3. The average molecular weight is 417 g/mol. The van der Waals surface area contributed by atoms with E-state index < -0.39 is 12.2 Å². The van der Waals surface area contributed by atoms with E-state index in [2.05, 4.69) is 0 Å². The molecule has 3 rings (SSSR count). The van der Waals surface area contributed by atoms with Gasteiger partial charge in [0.15, 0.2) is 0 Å². The molecule has 154 valence electrons. The minimum absolute atomic E-state index is 0.136. The van der Waals surface area contributed by atoms with Crippen molar-refractivity contribution in [2.75, 3.05) is 18.1 Å². The van der Waals surface area contributed by atoms with Gasteiger partial charge in [-0.15, -0.1) is 0 Å². The number of benzene rings is 2. The molecular formula is C22H25ClN2O4. The Morgan fingerprint density at radius 2 is 1.97 bits per heavy atom. The van der Waals surface area contributed by atoms with Crippen molar-refractivity contribution in [3.63, 3.8) is 0 Å². The fourth-order valence-electron chi connectivity index (χ4n) is 3.21. The number of nitrogens with zero attached hydrogens (tertiary/aromatic N) is 1. The van der Waals surface area contributed by atoms with Gasteiger partial charge in [0.25, 0.3) is 0 Å². The molecule has 7 heteroatoms. The zero-order valence-electron chi connectivity index (χ0n) is 16.6. The topological polar surface area (TPSA) is 81.9 Å².